The first-order chi connectivity index (χ1) is 10.7. The number of halogens is 1. The molecule has 120 valence electrons. The summed E-state index contributed by atoms with van der Waals surface area (Å²) in [5.41, 5.74) is 0.444. The topological polar surface area (TPSA) is 45.7 Å². The molecule has 2 aliphatic heterocycles. The maximum absolute atomic E-state index is 12.4. The molecule has 0 aliphatic carbocycles. The van der Waals surface area contributed by atoms with Crippen molar-refractivity contribution in [1.29, 1.82) is 0 Å². The van der Waals surface area contributed by atoms with Gasteiger partial charge in [0.15, 0.2) is 0 Å². The zero-order chi connectivity index (χ0) is 15.4. The van der Waals surface area contributed by atoms with Crippen LogP contribution in [0.1, 0.15) is 23.3 Å². The van der Waals surface area contributed by atoms with E-state index in [2.05, 4.69) is 9.88 Å². The molecule has 0 aromatic carbocycles. The van der Waals surface area contributed by atoms with E-state index < -0.39 is 0 Å². The lowest BCUT2D eigenvalue weighted by molar-refractivity contribution is 0.0242. The largest absolute Gasteiger partial charge is 0.379 e. The van der Waals surface area contributed by atoms with Crippen molar-refractivity contribution in [3.05, 3.63) is 29.0 Å². The van der Waals surface area contributed by atoms with E-state index in [1.807, 2.05) is 4.90 Å². The molecule has 2 aliphatic rings. The number of carbonyl (C=O) groups excluding carboxylic acids is 1. The van der Waals surface area contributed by atoms with Gasteiger partial charge in [0.1, 0.15) is 5.69 Å². The summed E-state index contributed by atoms with van der Waals surface area (Å²) in [4.78, 5) is 20.9. The van der Waals surface area contributed by atoms with Crippen LogP contribution in [0.4, 0.5) is 0 Å². The highest BCUT2D eigenvalue weighted by atomic mass is 35.5. The van der Waals surface area contributed by atoms with Crippen molar-refractivity contribution in [2.75, 3.05) is 45.9 Å². The number of amides is 1. The number of pyridine rings is 1. The molecule has 5 nitrogen and oxygen atoms in total. The van der Waals surface area contributed by atoms with Gasteiger partial charge in [-0.1, -0.05) is 11.6 Å². The molecule has 6 heteroatoms. The van der Waals surface area contributed by atoms with Crippen molar-refractivity contribution in [3.8, 4) is 0 Å². The Hall–Kier alpha value is -1.17. The molecule has 3 rings (SSSR count). The van der Waals surface area contributed by atoms with E-state index in [1.165, 1.54) is 0 Å². The van der Waals surface area contributed by atoms with E-state index in [0.717, 1.165) is 58.8 Å². The summed E-state index contributed by atoms with van der Waals surface area (Å²) in [5.74, 6) is 0.668. The van der Waals surface area contributed by atoms with Crippen LogP contribution < -0.4 is 0 Å². The van der Waals surface area contributed by atoms with Gasteiger partial charge < -0.3 is 9.64 Å². The Labute approximate surface area is 136 Å². The van der Waals surface area contributed by atoms with Crippen molar-refractivity contribution in [2.24, 2.45) is 5.92 Å². The number of carbonyl (C=O) groups is 1. The zero-order valence-corrected chi connectivity index (χ0v) is 13.5. The normalized spacial score (nSPS) is 21.0. The van der Waals surface area contributed by atoms with Gasteiger partial charge in [0.05, 0.1) is 13.2 Å². The van der Waals surface area contributed by atoms with E-state index in [4.69, 9.17) is 16.3 Å². The summed E-state index contributed by atoms with van der Waals surface area (Å²) in [7, 11) is 0. The fourth-order valence-electron chi connectivity index (χ4n) is 3.15. The SMILES string of the molecule is O=C(c1cc(Cl)ccn1)N1CCC(CN2CCOCC2)CC1. The van der Waals surface area contributed by atoms with Crippen molar-refractivity contribution >= 4 is 17.5 Å². The summed E-state index contributed by atoms with van der Waals surface area (Å²) in [6.07, 6.45) is 3.70. The van der Waals surface area contributed by atoms with Crippen molar-refractivity contribution in [3.63, 3.8) is 0 Å². The summed E-state index contributed by atoms with van der Waals surface area (Å²) < 4.78 is 5.38. The first-order valence-corrected chi connectivity index (χ1v) is 8.31. The fourth-order valence-corrected chi connectivity index (χ4v) is 3.31. The van der Waals surface area contributed by atoms with E-state index in [9.17, 15) is 4.79 Å². The van der Waals surface area contributed by atoms with Gasteiger partial charge in [-0.15, -0.1) is 0 Å². The molecule has 0 N–H and O–H groups in total. The van der Waals surface area contributed by atoms with Gasteiger partial charge in [-0.3, -0.25) is 14.7 Å². The number of hydrogen-bond acceptors (Lipinski definition) is 4. The zero-order valence-electron chi connectivity index (χ0n) is 12.7. The number of piperidine rings is 1. The predicted molar refractivity (Wildman–Crippen MR) is 85.1 cm³/mol. The molecule has 0 saturated carbocycles. The van der Waals surface area contributed by atoms with Crippen LogP contribution in [-0.4, -0.2) is 66.6 Å². The second-order valence-corrected chi connectivity index (χ2v) is 6.44. The number of aromatic nitrogens is 1. The Morgan fingerprint density at radius 3 is 2.68 bits per heavy atom. The number of ether oxygens (including phenoxy) is 1. The predicted octanol–water partition coefficient (Wildman–Crippen LogP) is 1.92. The molecule has 1 aromatic rings. The molecule has 2 fully saturated rings. The standard InChI is InChI=1S/C16H22ClN3O2/c17-14-1-4-18-15(11-14)16(21)20-5-2-13(3-6-20)12-19-7-9-22-10-8-19/h1,4,11,13H,2-3,5-10,12H2. The number of rotatable bonds is 3. The third-order valence-electron chi connectivity index (χ3n) is 4.46. The van der Waals surface area contributed by atoms with Crippen LogP contribution in [-0.2, 0) is 4.74 Å². The van der Waals surface area contributed by atoms with Gasteiger partial charge in [0.25, 0.3) is 5.91 Å². The molecule has 0 atom stereocenters. The smallest absolute Gasteiger partial charge is 0.272 e. The molecule has 0 spiro atoms. The van der Waals surface area contributed by atoms with Crippen LogP contribution in [0.15, 0.2) is 18.3 Å². The lowest BCUT2D eigenvalue weighted by atomic mass is 9.96. The fraction of sp³-hybridized carbons (Fsp3) is 0.625. The number of morpholine rings is 1. The highest BCUT2D eigenvalue weighted by molar-refractivity contribution is 6.30. The van der Waals surface area contributed by atoms with Gasteiger partial charge in [-0.25, -0.2) is 0 Å². The van der Waals surface area contributed by atoms with Crippen LogP contribution in [0.25, 0.3) is 0 Å². The minimum absolute atomic E-state index is 0.00711. The average Bonchev–Trinajstić information content (AvgIpc) is 2.56. The molecular formula is C16H22ClN3O2. The lowest BCUT2D eigenvalue weighted by Gasteiger charge is -2.36. The Morgan fingerprint density at radius 1 is 1.27 bits per heavy atom. The second kappa shape index (κ2) is 7.40. The molecule has 0 radical (unpaired) electrons. The highest BCUT2D eigenvalue weighted by Crippen LogP contribution is 2.21. The highest BCUT2D eigenvalue weighted by Gasteiger charge is 2.26. The summed E-state index contributed by atoms with van der Waals surface area (Å²) in [5, 5.41) is 0.556. The van der Waals surface area contributed by atoms with Gasteiger partial charge in [-0.05, 0) is 30.9 Å². The Kier molecular flexibility index (Phi) is 5.28. The Morgan fingerprint density at radius 2 is 2.00 bits per heavy atom. The van der Waals surface area contributed by atoms with Crippen molar-refractivity contribution in [2.45, 2.75) is 12.8 Å². The van der Waals surface area contributed by atoms with Crippen LogP contribution >= 0.6 is 11.6 Å². The molecule has 1 aromatic heterocycles. The third kappa shape index (κ3) is 3.97. The molecule has 2 saturated heterocycles. The summed E-state index contributed by atoms with van der Waals surface area (Å²) >= 11 is 5.93. The lowest BCUT2D eigenvalue weighted by Crippen LogP contribution is -2.44. The van der Waals surface area contributed by atoms with E-state index in [0.29, 0.717) is 16.6 Å². The third-order valence-corrected chi connectivity index (χ3v) is 4.70. The number of nitrogens with zero attached hydrogens (tertiary/aromatic N) is 3. The van der Waals surface area contributed by atoms with Gasteiger partial charge in [0, 0.05) is 43.9 Å². The first-order valence-electron chi connectivity index (χ1n) is 7.93. The minimum Gasteiger partial charge on any atom is -0.379 e. The van der Waals surface area contributed by atoms with Gasteiger partial charge in [0.2, 0.25) is 0 Å². The van der Waals surface area contributed by atoms with Crippen molar-refractivity contribution in [1.82, 2.24) is 14.8 Å². The van der Waals surface area contributed by atoms with E-state index >= 15 is 0 Å². The molecule has 22 heavy (non-hydrogen) atoms. The molecule has 0 bridgehead atoms. The average molecular weight is 324 g/mol. The maximum atomic E-state index is 12.4. The summed E-state index contributed by atoms with van der Waals surface area (Å²) in [6.45, 7) is 6.50. The molecule has 0 unspecified atom stereocenters. The maximum Gasteiger partial charge on any atom is 0.272 e. The van der Waals surface area contributed by atoms with Crippen LogP contribution in [0.3, 0.4) is 0 Å². The molecular weight excluding hydrogens is 302 g/mol. The number of hydrogen-bond donors (Lipinski definition) is 0. The molecule has 1 amide bonds. The van der Waals surface area contributed by atoms with E-state index in [1.54, 1.807) is 18.3 Å². The van der Waals surface area contributed by atoms with Gasteiger partial charge >= 0.3 is 0 Å². The molecule has 3 heterocycles. The van der Waals surface area contributed by atoms with Crippen LogP contribution in [0, 0.1) is 5.92 Å². The quantitative estimate of drug-likeness (QED) is 0.852. The summed E-state index contributed by atoms with van der Waals surface area (Å²) in [6, 6.07) is 3.33. The first kappa shape index (κ1) is 15.7. The van der Waals surface area contributed by atoms with Crippen LogP contribution in [0.2, 0.25) is 5.02 Å². The monoisotopic (exact) mass is 323 g/mol. The van der Waals surface area contributed by atoms with Crippen LogP contribution in [0.5, 0.6) is 0 Å². The van der Waals surface area contributed by atoms with E-state index in [-0.39, 0.29) is 5.91 Å². The van der Waals surface area contributed by atoms with Gasteiger partial charge in [-0.2, -0.15) is 0 Å². The van der Waals surface area contributed by atoms with Crippen molar-refractivity contribution < 1.29 is 9.53 Å². The number of likely N-dealkylation sites (tertiary alicyclic amines) is 1. The minimum atomic E-state index is -0.00711. The Balaban J connectivity index is 1.49. The Bertz CT molecular complexity index is 512. The second-order valence-electron chi connectivity index (χ2n) is 6.01.